The van der Waals surface area contributed by atoms with Crippen LogP contribution in [0.15, 0.2) is 61.1 Å². The van der Waals surface area contributed by atoms with Crippen molar-refractivity contribution in [1.82, 2.24) is 19.3 Å². The molecule has 0 saturated heterocycles. The third-order valence-electron chi connectivity index (χ3n) is 7.40. The number of nitriles is 1. The first-order valence-corrected chi connectivity index (χ1v) is 12.2. The average Bonchev–Trinajstić information content (AvgIpc) is 3.47. The van der Waals surface area contributed by atoms with Crippen LogP contribution in [0, 0.1) is 23.1 Å². The molecule has 3 aromatic heterocycles. The number of nitrogens with zero attached hydrogens (tertiary/aromatic N) is 5. The average molecular weight is 464 g/mol. The summed E-state index contributed by atoms with van der Waals surface area (Å²) in [6, 6.07) is 14.9. The second-order valence-corrected chi connectivity index (χ2v) is 9.60. The SMILES string of the molecule is Cn1ncc2cc(-c3ncc4c(ccn4CC4CCCCC4)c3-c3ccc(C#N)cc3F)ccc21. The first-order chi connectivity index (χ1) is 17.1. The summed E-state index contributed by atoms with van der Waals surface area (Å²) in [4.78, 5) is 4.90. The monoisotopic (exact) mass is 463 g/mol. The number of aryl methyl sites for hydroxylation is 1. The summed E-state index contributed by atoms with van der Waals surface area (Å²) >= 11 is 0. The molecule has 35 heavy (non-hydrogen) atoms. The summed E-state index contributed by atoms with van der Waals surface area (Å²) in [5, 5.41) is 15.6. The van der Waals surface area contributed by atoms with Crippen LogP contribution in [0.4, 0.5) is 4.39 Å². The highest BCUT2D eigenvalue weighted by Crippen LogP contribution is 2.39. The molecule has 6 heteroatoms. The van der Waals surface area contributed by atoms with Gasteiger partial charge < -0.3 is 4.57 Å². The molecular weight excluding hydrogens is 437 g/mol. The molecule has 0 N–H and O–H groups in total. The molecule has 6 rings (SSSR count). The predicted molar refractivity (Wildman–Crippen MR) is 136 cm³/mol. The fourth-order valence-corrected chi connectivity index (χ4v) is 5.55. The van der Waals surface area contributed by atoms with Crippen molar-refractivity contribution in [2.24, 2.45) is 13.0 Å². The first kappa shape index (κ1) is 21.5. The molecule has 0 radical (unpaired) electrons. The lowest BCUT2D eigenvalue weighted by Gasteiger charge is -2.22. The summed E-state index contributed by atoms with van der Waals surface area (Å²) in [6.45, 7) is 0.960. The van der Waals surface area contributed by atoms with Gasteiger partial charge in [0, 0.05) is 47.3 Å². The Balaban J connectivity index is 1.55. The summed E-state index contributed by atoms with van der Waals surface area (Å²) in [6.07, 6.45) is 12.3. The van der Waals surface area contributed by atoms with Crippen LogP contribution in [-0.2, 0) is 13.6 Å². The van der Waals surface area contributed by atoms with Crippen molar-refractivity contribution in [3.8, 4) is 28.5 Å². The number of pyridine rings is 1. The number of benzene rings is 2. The van der Waals surface area contributed by atoms with Crippen molar-refractivity contribution in [2.45, 2.75) is 38.6 Å². The van der Waals surface area contributed by atoms with Crippen molar-refractivity contribution >= 4 is 21.8 Å². The largest absolute Gasteiger partial charge is 0.346 e. The van der Waals surface area contributed by atoms with Crippen molar-refractivity contribution in [2.75, 3.05) is 0 Å². The van der Waals surface area contributed by atoms with Gasteiger partial charge in [0.25, 0.3) is 0 Å². The number of rotatable bonds is 4. The molecule has 2 aromatic carbocycles. The first-order valence-electron chi connectivity index (χ1n) is 12.2. The number of halogens is 1. The van der Waals surface area contributed by atoms with Gasteiger partial charge in [0.2, 0.25) is 0 Å². The van der Waals surface area contributed by atoms with Crippen LogP contribution in [0.3, 0.4) is 0 Å². The van der Waals surface area contributed by atoms with Gasteiger partial charge in [-0.05, 0) is 49.1 Å². The second kappa shape index (κ2) is 8.66. The zero-order valence-electron chi connectivity index (χ0n) is 19.7. The van der Waals surface area contributed by atoms with Gasteiger partial charge in [-0.15, -0.1) is 0 Å². The van der Waals surface area contributed by atoms with Crippen LogP contribution in [-0.4, -0.2) is 19.3 Å². The maximum Gasteiger partial charge on any atom is 0.132 e. The topological polar surface area (TPSA) is 59.4 Å². The molecule has 5 nitrogen and oxygen atoms in total. The van der Waals surface area contributed by atoms with E-state index in [9.17, 15) is 5.26 Å². The Morgan fingerprint density at radius 3 is 2.69 bits per heavy atom. The van der Waals surface area contributed by atoms with Crippen LogP contribution in [0.2, 0.25) is 0 Å². The highest BCUT2D eigenvalue weighted by Gasteiger charge is 2.21. The van der Waals surface area contributed by atoms with Crippen molar-refractivity contribution in [3.05, 3.63) is 72.4 Å². The van der Waals surface area contributed by atoms with E-state index < -0.39 is 5.82 Å². The quantitative estimate of drug-likeness (QED) is 0.293. The Kier molecular flexibility index (Phi) is 5.33. The third-order valence-corrected chi connectivity index (χ3v) is 7.40. The molecule has 0 amide bonds. The zero-order chi connectivity index (χ0) is 23.9. The lowest BCUT2D eigenvalue weighted by Crippen LogP contribution is -2.13. The fourth-order valence-electron chi connectivity index (χ4n) is 5.55. The van der Waals surface area contributed by atoms with E-state index >= 15 is 4.39 Å². The number of hydrogen-bond donors (Lipinski definition) is 0. The summed E-state index contributed by atoms with van der Waals surface area (Å²) in [5.74, 6) is 0.254. The normalized spacial score (nSPS) is 14.5. The van der Waals surface area contributed by atoms with E-state index in [4.69, 9.17) is 4.98 Å². The van der Waals surface area contributed by atoms with Gasteiger partial charge in [-0.25, -0.2) is 4.39 Å². The Hall–Kier alpha value is -3.98. The predicted octanol–water partition coefficient (Wildman–Crippen LogP) is 6.85. The van der Waals surface area contributed by atoms with Crippen molar-refractivity contribution in [3.63, 3.8) is 0 Å². The van der Waals surface area contributed by atoms with E-state index in [0.717, 1.165) is 45.2 Å². The van der Waals surface area contributed by atoms with Gasteiger partial charge in [0.05, 0.1) is 40.8 Å². The molecule has 0 bridgehead atoms. The summed E-state index contributed by atoms with van der Waals surface area (Å²) in [7, 11) is 1.92. The lowest BCUT2D eigenvalue weighted by atomic mass is 9.89. The Bertz CT molecular complexity index is 1600. The van der Waals surface area contributed by atoms with Gasteiger partial charge >= 0.3 is 0 Å². The molecule has 0 spiro atoms. The number of aromatic nitrogens is 4. The van der Waals surface area contributed by atoms with Gasteiger partial charge in [-0.2, -0.15) is 10.4 Å². The van der Waals surface area contributed by atoms with E-state index in [1.807, 2.05) is 42.3 Å². The third kappa shape index (κ3) is 3.77. The van der Waals surface area contributed by atoms with Gasteiger partial charge in [0.1, 0.15) is 5.82 Å². The minimum Gasteiger partial charge on any atom is -0.346 e. The van der Waals surface area contributed by atoms with Crippen molar-refractivity contribution < 1.29 is 4.39 Å². The molecule has 5 aromatic rings. The van der Waals surface area contributed by atoms with E-state index in [1.54, 1.807) is 12.1 Å². The molecular formula is C29H26FN5. The molecule has 3 heterocycles. The lowest BCUT2D eigenvalue weighted by molar-refractivity contribution is 0.322. The molecule has 1 aliphatic rings. The molecule has 0 unspecified atom stereocenters. The van der Waals surface area contributed by atoms with E-state index in [-0.39, 0.29) is 0 Å². The molecule has 1 aliphatic carbocycles. The zero-order valence-corrected chi connectivity index (χ0v) is 19.7. The standard InChI is InChI=1S/C29H26FN5/c1-34-26-10-8-21(14-22(26)16-33-34)29-28(23-9-7-20(15-31)13-25(23)30)24-11-12-35(27(24)17-32-29)18-19-5-3-2-4-6-19/h7-14,16-17,19H,2-6,18H2,1H3. The Morgan fingerprint density at radius 1 is 1.03 bits per heavy atom. The van der Waals surface area contributed by atoms with E-state index in [1.165, 1.54) is 38.2 Å². The van der Waals surface area contributed by atoms with E-state index in [2.05, 4.69) is 28.0 Å². The molecule has 174 valence electrons. The maximum absolute atomic E-state index is 15.4. The highest BCUT2D eigenvalue weighted by atomic mass is 19.1. The summed E-state index contributed by atoms with van der Waals surface area (Å²) in [5.41, 5.74) is 5.20. The van der Waals surface area contributed by atoms with Crippen molar-refractivity contribution in [1.29, 1.82) is 5.26 Å². The Labute approximate surface area is 203 Å². The highest BCUT2D eigenvalue weighted by molar-refractivity contribution is 6.02. The molecule has 0 atom stereocenters. The fraction of sp³-hybridized carbons (Fsp3) is 0.276. The number of fused-ring (bicyclic) bond motifs is 2. The maximum atomic E-state index is 15.4. The Morgan fingerprint density at radius 2 is 1.89 bits per heavy atom. The smallest absolute Gasteiger partial charge is 0.132 e. The van der Waals surface area contributed by atoms with E-state index in [0.29, 0.717) is 17.0 Å². The minimum atomic E-state index is -0.415. The molecule has 0 aliphatic heterocycles. The van der Waals surface area contributed by atoms with Crippen LogP contribution < -0.4 is 0 Å². The molecule has 1 saturated carbocycles. The van der Waals surface area contributed by atoms with Crippen LogP contribution in [0.1, 0.15) is 37.7 Å². The number of hydrogen-bond acceptors (Lipinski definition) is 3. The summed E-state index contributed by atoms with van der Waals surface area (Å²) < 4.78 is 19.5. The van der Waals surface area contributed by atoms with Crippen LogP contribution in [0.5, 0.6) is 0 Å². The second-order valence-electron chi connectivity index (χ2n) is 9.60. The molecule has 1 fully saturated rings. The van der Waals surface area contributed by atoms with Gasteiger partial charge in [-0.1, -0.05) is 31.4 Å². The van der Waals surface area contributed by atoms with Crippen LogP contribution in [0.25, 0.3) is 44.2 Å². The van der Waals surface area contributed by atoms with Gasteiger partial charge in [-0.3, -0.25) is 9.67 Å². The van der Waals surface area contributed by atoms with Gasteiger partial charge in [0.15, 0.2) is 0 Å². The van der Waals surface area contributed by atoms with Crippen LogP contribution >= 0.6 is 0 Å². The minimum absolute atomic E-state index is 0.305.